The van der Waals surface area contributed by atoms with Gasteiger partial charge in [0.1, 0.15) is 17.0 Å². The highest BCUT2D eigenvalue weighted by molar-refractivity contribution is 5.94. The SMILES string of the molecule is CCCC(=Cc1c[nH]c(-c2n[nH]c3c(F)c(-c4ccc(O)cc4CC)ccc23)n1)CCC. The van der Waals surface area contributed by atoms with Crippen LogP contribution in [0.5, 0.6) is 5.75 Å². The second-order valence-electron chi connectivity index (χ2n) is 8.09. The van der Waals surface area contributed by atoms with Crippen LogP contribution in [0, 0.1) is 5.82 Å². The lowest BCUT2D eigenvalue weighted by Crippen LogP contribution is -1.92. The minimum atomic E-state index is -0.360. The number of phenols is 1. The molecule has 3 N–H and O–H groups in total. The van der Waals surface area contributed by atoms with Crippen molar-refractivity contribution >= 4 is 17.0 Å². The molecular formula is C26H29FN4O. The largest absolute Gasteiger partial charge is 0.508 e. The van der Waals surface area contributed by atoms with E-state index in [1.54, 1.807) is 24.3 Å². The molecule has 0 radical (unpaired) electrons. The molecule has 6 heteroatoms. The first-order valence-electron chi connectivity index (χ1n) is 11.3. The van der Waals surface area contributed by atoms with Gasteiger partial charge in [-0.15, -0.1) is 0 Å². The molecule has 0 bridgehead atoms. The lowest BCUT2D eigenvalue weighted by atomic mass is 9.96. The number of aromatic nitrogens is 4. The van der Waals surface area contributed by atoms with Gasteiger partial charge in [-0.3, -0.25) is 5.10 Å². The maximum absolute atomic E-state index is 15.5. The molecule has 4 rings (SSSR count). The summed E-state index contributed by atoms with van der Waals surface area (Å²) in [7, 11) is 0. The van der Waals surface area contributed by atoms with Gasteiger partial charge in [0.05, 0.1) is 5.69 Å². The molecular weight excluding hydrogens is 403 g/mol. The number of fused-ring (bicyclic) bond motifs is 1. The Bertz CT molecular complexity index is 1260. The monoisotopic (exact) mass is 432 g/mol. The number of halogens is 1. The third-order valence-corrected chi connectivity index (χ3v) is 5.75. The lowest BCUT2D eigenvalue weighted by molar-refractivity contribution is 0.474. The van der Waals surface area contributed by atoms with Gasteiger partial charge in [-0.1, -0.05) is 51.3 Å². The summed E-state index contributed by atoms with van der Waals surface area (Å²) in [5, 5.41) is 17.7. The first-order valence-corrected chi connectivity index (χ1v) is 11.3. The normalized spacial score (nSPS) is 11.2. The van der Waals surface area contributed by atoms with Crippen molar-refractivity contribution in [3.05, 3.63) is 59.2 Å². The average molecular weight is 433 g/mol. The maximum Gasteiger partial charge on any atom is 0.159 e. The van der Waals surface area contributed by atoms with Crippen LogP contribution >= 0.6 is 0 Å². The van der Waals surface area contributed by atoms with Crippen molar-refractivity contribution < 1.29 is 9.50 Å². The molecule has 0 amide bonds. The van der Waals surface area contributed by atoms with E-state index in [1.807, 2.05) is 19.2 Å². The summed E-state index contributed by atoms with van der Waals surface area (Å²) in [6.45, 7) is 6.35. The average Bonchev–Trinajstić information content (AvgIpc) is 3.42. The van der Waals surface area contributed by atoms with Crippen LogP contribution in [0.1, 0.15) is 57.7 Å². The number of aryl methyl sites for hydroxylation is 1. The zero-order valence-corrected chi connectivity index (χ0v) is 18.8. The fourth-order valence-corrected chi connectivity index (χ4v) is 4.23. The van der Waals surface area contributed by atoms with Gasteiger partial charge >= 0.3 is 0 Å². The van der Waals surface area contributed by atoms with E-state index in [4.69, 9.17) is 0 Å². The third-order valence-electron chi connectivity index (χ3n) is 5.75. The van der Waals surface area contributed by atoms with Crippen molar-refractivity contribution in [3.8, 4) is 28.4 Å². The van der Waals surface area contributed by atoms with Gasteiger partial charge in [-0.05, 0) is 54.7 Å². The third kappa shape index (κ3) is 4.17. The van der Waals surface area contributed by atoms with Gasteiger partial charge in [0.2, 0.25) is 0 Å². The molecule has 0 aliphatic heterocycles. The molecule has 32 heavy (non-hydrogen) atoms. The van der Waals surface area contributed by atoms with E-state index in [0.29, 0.717) is 34.4 Å². The van der Waals surface area contributed by atoms with Gasteiger partial charge in [-0.25, -0.2) is 9.37 Å². The van der Waals surface area contributed by atoms with Crippen LogP contribution in [0.4, 0.5) is 4.39 Å². The number of imidazole rings is 1. The molecule has 5 nitrogen and oxygen atoms in total. The molecule has 0 saturated heterocycles. The number of H-pyrrole nitrogens is 2. The molecule has 2 aromatic heterocycles. The van der Waals surface area contributed by atoms with Crippen molar-refractivity contribution in [1.82, 2.24) is 20.2 Å². The molecule has 0 saturated carbocycles. The molecule has 0 aliphatic rings. The fraction of sp³-hybridized carbons (Fsp3) is 0.308. The summed E-state index contributed by atoms with van der Waals surface area (Å²) in [5.74, 6) is 0.432. The van der Waals surface area contributed by atoms with Crippen molar-refractivity contribution in [3.63, 3.8) is 0 Å². The van der Waals surface area contributed by atoms with Gasteiger partial charge in [0.25, 0.3) is 0 Å². The van der Waals surface area contributed by atoms with Crippen molar-refractivity contribution in [1.29, 1.82) is 0 Å². The second-order valence-corrected chi connectivity index (χ2v) is 8.09. The number of aromatic amines is 2. The molecule has 2 heterocycles. The standard InChI is InChI=1S/C26H29FN4O/c1-4-7-16(8-5-2)13-18-15-28-26(29-18)25-22-12-11-21(23(27)24(22)30-31-25)20-10-9-19(32)14-17(20)6-3/h9-15,32H,4-8H2,1-3H3,(H,28,29)(H,30,31). The highest BCUT2D eigenvalue weighted by atomic mass is 19.1. The Labute approximate surface area is 187 Å². The van der Waals surface area contributed by atoms with E-state index in [2.05, 4.69) is 40.1 Å². The molecule has 0 atom stereocenters. The van der Waals surface area contributed by atoms with Gasteiger partial charge in [0, 0.05) is 17.1 Å². The first-order chi connectivity index (χ1) is 15.5. The fourth-order valence-electron chi connectivity index (χ4n) is 4.23. The molecule has 4 aromatic rings. The lowest BCUT2D eigenvalue weighted by Gasteiger charge is -2.10. The Hall–Kier alpha value is -3.41. The number of benzene rings is 2. The van der Waals surface area contributed by atoms with Crippen LogP contribution in [0.15, 0.2) is 42.1 Å². The number of hydrogen-bond donors (Lipinski definition) is 3. The van der Waals surface area contributed by atoms with Gasteiger partial charge in [0.15, 0.2) is 11.6 Å². The topological polar surface area (TPSA) is 77.6 Å². The first kappa shape index (κ1) is 21.8. The zero-order chi connectivity index (χ0) is 22.7. The minimum Gasteiger partial charge on any atom is -0.508 e. The second kappa shape index (κ2) is 9.39. The van der Waals surface area contributed by atoms with E-state index in [9.17, 15) is 5.11 Å². The number of aromatic hydroxyl groups is 1. The Balaban J connectivity index is 1.72. The van der Waals surface area contributed by atoms with Crippen LogP contribution in [0.2, 0.25) is 0 Å². The van der Waals surface area contributed by atoms with Crippen molar-refractivity contribution in [2.75, 3.05) is 0 Å². The van der Waals surface area contributed by atoms with E-state index in [0.717, 1.165) is 42.5 Å². The summed E-state index contributed by atoms with van der Waals surface area (Å²) in [5.41, 5.74) is 5.33. The van der Waals surface area contributed by atoms with E-state index >= 15 is 4.39 Å². The maximum atomic E-state index is 15.5. The number of phenolic OH excluding ortho intramolecular Hbond substituents is 1. The molecule has 166 valence electrons. The summed E-state index contributed by atoms with van der Waals surface area (Å²) in [4.78, 5) is 7.88. The Morgan fingerprint density at radius 1 is 1.06 bits per heavy atom. The van der Waals surface area contributed by atoms with Crippen molar-refractivity contribution in [2.45, 2.75) is 52.9 Å². The number of nitrogens with zero attached hydrogens (tertiary/aromatic N) is 2. The smallest absolute Gasteiger partial charge is 0.159 e. The van der Waals surface area contributed by atoms with Crippen LogP contribution in [-0.2, 0) is 6.42 Å². The molecule has 0 aliphatic carbocycles. The highest BCUT2D eigenvalue weighted by Gasteiger charge is 2.18. The van der Waals surface area contributed by atoms with Crippen LogP contribution in [-0.4, -0.2) is 25.3 Å². The summed E-state index contributed by atoms with van der Waals surface area (Å²) >= 11 is 0. The summed E-state index contributed by atoms with van der Waals surface area (Å²) < 4.78 is 15.5. The van der Waals surface area contributed by atoms with Crippen LogP contribution in [0.25, 0.3) is 39.6 Å². The van der Waals surface area contributed by atoms with E-state index in [1.165, 1.54) is 5.57 Å². The Morgan fingerprint density at radius 2 is 1.81 bits per heavy atom. The Kier molecular flexibility index (Phi) is 6.40. The zero-order valence-electron chi connectivity index (χ0n) is 18.8. The Morgan fingerprint density at radius 3 is 2.53 bits per heavy atom. The summed E-state index contributed by atoms with van der Waals surface area (Å²) in [6, 6.07) is 8.66. The van der Waals surface area contributed by atoms with Crippen molar-refractivity contribution in [2.24, 2.45) is 0 Å². The number of hydrogen-bond acceptors (Lipinski definition) is 3. The minimum absolute atomic E-state index is 0.180. The molecule has 0 unspecified atom stereocenters. The van der Waals surface area contributed by atoms with Gasteiger partial charge < -0.3 is 10.1 Å². The number of allylic oxidation sites excluding steroid dienone is 1. The van der Waals surface area contributed by atoms with E-state index < -0.39 is 0 Å². The molecule has 0 fully saturated rings. The van der Waals surface area contributed by atoms with Crippen LogP contribution in [0.3, 0.4) is 0 Å². The molecule has 2 aromatic carbocycles. The van der Waals surface area contributed by atoms with Crippen LogP contribution < -0.4 is 0 Å². The predicted octanol–water partition coefficient (Wildman–Crippen LogP) is 7.01. The summed E-state index contributed by atoms with van der Waals surface area (Å²) in [6.07, 6.45) is 9.04. The number of nitrogens with one attached hydrogen (secondary N) is 2. The predicted molar refractivity (Wildman–Crippen MR) is 128 cm³/mol. The highest BCUT2D eigenvalue weighted by Crippen LogP contribution is 2.35. The molecule has 0 spiro atoms. The van der Waals surface area contributed by atoms with E-state index in [-0.39, 0.29) is 11.6 Å². The number of rotatable bonds is 8. The van der Waals surface area contributed by atoms with Gasteiger partial charge in [-0.2, -0.15) is 5.10 Å². The quantitative estimate of drug-likeness (QED) is 0.280.